The van der Waals surface area contributed by atoms with Gasteiger partial charge < -0.3 is 15.6 Å². The second kappa shape index (κ2) is 8.98. The molecule has 0 aromatic heterocycles. The van der Waals surface area contributed by atoms with Crippen LogP contribution in [0.4, 0.5) is 0 Å². The first-order valence-corrected chi connectivity index (χ1v) is 8.07. The van der Waals surface area contributed by atoms with Gasteiger partial charge in [-0.15, -0.1) is 0 Å². The third-order valence-corrected chi connectivity index (χ3v) is 4.01. The monoisotopic (exact) mass is 321 g/mol. The molecule has 2 rings (SSSR count). The van der Waals surface area contributed by atoms with Crippen molar-refractivity contribution >= 4 is 5.91 Å². The normalized spacial score (nSPS) is 18.0. The fourth-order valence-electron chi connectivity index (χ4n) is 2.70. The molecule has 0 radical (unpaired) electrons. The van der Waals surface area contributed by atoms with Crippen molar-refractivity contribution in [1.82, 2.24) is 9.80 Å². The smallest absolute Gasteiger partial charge is 0.231 e. The summed E-state index contributed by atoms with van der Waals surface area (Å²) in [6, 6.07) is 8.20. The number of piperazine rings is 1. The Kier molecular flexibility index (Phi) is 6.98. The number of amides is 1. The summed E-state index contributed by atoms with van der Waals surface area (Å²) in [6.07, 6.45) is -0.497. The van der Waals surface area contributed by atoms with E-state index in [1.54, 1.807) is 0 Å². The van der Waals surface area contributed by atoms with Crippen molar-refractivity contribution in [2.24, 2.45) is 5.73 Å². The molecule has 6 heteroatoms. The van der Waals surface area contributed by atoms with Gasteiger partial charge in [0, 0.05) is 32.7 Å². The number of aliphatic hydroxyl groups excluding tert-OH is 1. The lowest BCUT2D eigenvalue weighted by Crippen LogP contribution is -2.50. The van der Waals surface area contributed by atoms with Gasteiger partial charge in [-0.3, -0.25) is 14.6 Å². The van der Waals surface area contributed by atoms with Gasteiger partial charge in [-0.2, -0.15) is 0 Å². The molecule has 23 heavy (non-hydrogen) atoms. The van der Waals surface area contributed by atoms with E-state index in [9.17, 15) is 9.90 Å². The quantitative estimate of drug-likeness (QED) is 0.703. The van der Waals surface area contributed by atoms with Crippen LogP contribution in [0, 0.1) is 6.92 Å². The van der Waals surface area contributed by atoms with Crippen molar-refractivity contribution in [2.75, 3.05) is 45.9 Å². The first kappa shape index (κ1) is 17.9. The number of carbonyl (C=O) groups excluding carboxylic acids is 1. The minimum Gasteiger partial charge on any atom is -0.389 e. The molecule has 0 bridgehead atoms. The zero-order chi connectivity index (χ0) is 16.7. The van der Waals surface area contributed by atoms with Crippen molar-refractivity contribution in [3.05, 3.63) is 35.4 Å². The number of carbonyl (C=O) groups is 1. The molecule has 1 saturated heterocycles. The number of rotatable bonds is 8. The Morgan fingerprint density at radius 3 is 2.43 bits per heavy atom. The van der Waals surface area contributed by atoms with Gasteiger partial charge in [0.05, 0.1) is 25.9 Å². The van der Waals surface area contributed by atoms with Gasteiger partial charge in [0.2, 0.25) is 5.91 Å². The highest BCUT2D eigenvalue weighted by Gasteiger charge is 2.20. The van der Waals surface area contributed by atoms with E-state index in [1.165, 1.54) is 5.56 Å². The molecule has 1 aliphatic heterocycles. The summed E-state index contributed by atoms with van der Waals surface area (Å²) in [4.78, 5) is 15.1. The Hall–Kier alpha value is -1.47. The molecule has 128 valence electrons. The number of nitrogens with zero attached hydrogens (tertiary/aromatic N) is 2. The minimum absolute atomic E-state index is 0.289. The lowest BCUT2D eigenvalue weighted by atomic mass is 10.2. The predicted molar refractivity (Wildman–Crippen MR) is 88.9 cm³/mol. The second-order valence-electron chi connectivity index (χ2n) is 6.20. The molecule has 1 fully saturated rings. The van der Waals surface area contributed by atoms with Crippen LogP contribution in [0.2, 0.25) is 0 Å². The van der Waals surface area contributed by atoms with Gasteiger partial charge in [-0.25, -0.2) is 0 Å². The van der Waals surface area contributed by atoms with Crippen molar-refractivity contribution in [3.8, 4) is 0 Å². The van der Waals surface area contributed by atoms with Crippen LogP contribution in [-0.2, 0) is 16.1 Å². The molecule has 3 N–H and O–H groups in total. The number of hydrogen-bond donors (Lipinski definition) is 2. The number of aryl methyl sites for hydroxylation is 1. The Balaban J connectivity index is 1.61. The molecule has 1 amide bonds. The fourth-order valence-corrected chi connectivity index (χ4v) is 2.70. The van der Waals surface area contributed by atoms with Crippen LogP contribution in [0.25, 0.3) is 0 Å². The SMILES string of the molecule is Cc1ccc(COCC(O)CN2CCN(CC(N)=O)CC2)cc1. The van der Waals surface area contributed by atoms with Crippen LogP contribution in [0.1, 0.15) is 11.1 Å². The molecular weight excluding hydrogens is 294 g/mol. The maximum Gasteiger partial charge on any atom is 0.231 e. The van der Waals surface area contributed by atoms with Gasteiger partial charge >= 0.3 is 0 Å². The molecule has 1 aromatic carbocycles. The largest absolute Gasteiger partial charge is 0.389 e. The van der Waals surface area contributed by atoms with Gasteiger partial charge in [0.25, 0.3) is 0 Å². The third-order valence-electron chi connectivity index (χ3n) is 4.01. The average Bonchev–Trinajstić information content (AvgIpc) is 2.51. The minimum atomic E-state index is -0.497. The summed E-state index contributed by atoms with van der Waals surface area (Å²) in [5.41, 5.74) is 7.54. The summed E-state index contributed by atoms with van der Waals surface area (Å²) in [6.45, 7) is 7.09. The molecule has 1 aromatic rings. The lowest BCUT2D eigenvalue weighted by molar-refractivity contribution is -0.119. The summed E-state index contributed by atoms with van der Waals surface area (Å²) in [7, 11) is 0. The molecule has 0 saturated carbocycles. The van der Waals surface area contributed by atoms with E-state index in [0.717, 1.165) is 31.7 Å². The predicted octanol–water partition coefficient (Wildman–Crippen LogP) is -0.0246. The van der Waals surface area contributed by atoms with E-state index in [2.05, 4.69) is 24.0 Å². The van der Waals surface area contributed by atoms with Crippen molar-refractivity contribution in [1.29, 1.82) is 0 Å². The molecule has 1 aliphatic rings. The molecule has 0 spiro atoms. The van der Waals surface area contributed by atoms with Gasteiger partial charge in [0.15, 0.2) is 0 Å². The maximum absolute atomic E-state index is 10.9. The van der Waals surface area contributed by atoms with Crippen molar-refractivity contribution in [3.63, 3.8) is 0 Å². The molecule has 6 nitrogen and oxygen atoms in total. The number of hydrogen-bond acceptors (Lipinski definition) is 5. The number of ether oxygens (including phenoxy) is 1. The zero-order valence-electron chi connectivity index (χ0n) is 13.8. The van der Waals surface area contributed by atoms with Crippen LogP contribution in [0.5, 0.6) is 0 Å². The highest BCUT2D eigenvalue weighted by molar-refractivity contribution is 5.75. The number of primary amides is 1. The van der Waals surface area contributed by atoms with Crippen molar-refractivity contribution < 1.29 is 14.6 Å². The summed E-state index contributed by atoms with van der Waals surface area (Å²) < 4.78 is 5.59. The van der Waals surface area contributed by atoms with E-state index < -0.39 is 6.10 Å². The molecule has 1 unspecified atom stereocenters. The highest BCUT2D eigenvalue weighted by Crippen LogP contribution is 2.06. The molecule has 1 heterocycles. The summed E-state index contributed by atoms with van der Waals surface area (Å²) in [5.74, 6) is -0.289. The van der Waals surface area contributed by atoms with E-state index >= 15 is 0 Å². The van der Waals surface area contributed by atoms with Crippen molar-refractivity contribution in [2.45, 2.75) is 19.6 Å². The second-order valence-corrected chi connectivity index (χ2v) is 6.20. The number of β-amino-alcohol motifs (C(OH)–C–C–N with tert-alkyl or cyclic N) is 1. The average molecular weight is 321 g/mol. The Morgan fingerprint density at radius 1 is 1.22 bits per heavy atom. The number of aliphatic hydroxyl groups is 1. The van der Waals surface area contributed by atoms with E-state index in [-0.39, 0.29) is 5.91 Å². The Morgan fingerprint density at radius 2 is 1.83 bits per heavy atom. The van der Waals surface area contributed by atoms with Crippen LogP contribution in [-0.4, -0.2) is 72.8 Å². The van der Waals surface area contributed by atoms with Crippen LogP contribution in [0.15, 0.2) is 24.3 Å². The Bertz CT molecular complexity index is 484. The summed E-state index contributed by atoms with van der Waals surface area (Å²) in [5, 5.41) is 10.1. The van der Waals surface area contributed by atoms with Crippen LogP contribution < -0.4 is 5.73 Å². The zero-order valence-corrected chi connectivity index (χ0v) is 13.8. The molecular formula is C17H27N3O3. The third kappa shape index (κ3) is 6.66. The summed E-state index contributed by atoms with van der Waals surface area (Å²) >= 11 is 0. The lowest BCUT2D eigenvalue weighted by Gasteiger charge is -2.34. The number of nitrogens with two attached hydrogens (primary N) is 1. The number of benzene rings is 1. The highest BCUT2D eigenvalue weighted by atomic mass is 16.5. The van der Waals surface area contributed by atoms with Crippen LogP contribution in [0.3, 0.4) is 0 Å². The standard InChI is InChI=1S/C17H27N3O3/c1-14-2-4-15(5-3-14)12-23-13-16(21)10-19-6-8-20(9-7-19)11-17(18)22/h2-5,16,21H,6-13H2,1H3,(H2,18,22). The van der Waals surface area contributed by atoms with E-state index in [4.69, 9.17) is 10.5 Å². The molecule has 0 aliphatic carbocycles. The topological polar surface area (TPSA) is 79.0 Å². The van der Waals surface area contributed by atoms with Crippen LogP contribution >= 0.6 is 0 Å². The van der Waals surface area contributed by atoms with Gasteiger partial charge in [-0.05, 0) is 12.5 Å². The first-order chi connectivity index (χ1) is 11.0. The van der Waals surface area contributed by atoms with E-state index in [1.807, 2.05) is 17.0 Å². The fraction of sp³-hybridized carbons (Fsp3) is 0.588. The van der Waals surface area contributed by atoms with Gasteiger partial charge in [0.1, 0.15) is 0 Å². The maximum atomic E-state index is 10.9. The molecule has 1 atom stereocenters. The Labute approximate surface area is 137 Å². The van der Waals surface area contributed by atoms with E-state index in [0.29, 0.717) is 26.3 Å². The first-order valence-electron chi connectivity index (χ1n) is 8.07. The van der Waals surface area contributed by atoms with Gasteiger partial charge in [-0.1, -0.05) is 29.8 Å².